The van der Waals surface area contributed by atoms with Crippen molar-refractivity contribution in [1.29, 1.82) is 5.26 Å². The average molecular weight is 419 g/mol. The summed E-state index contributed by atoms with van der Waals surface area (Å²) >= 11 is 0. The molecule has 0 unspecified atom stereocenters. The van der Waals surface area contributed by atoms with Gasteiger partial charge in [0.15, 0.2) is 6.61 Å². The number of carbonyl (C=O) groups excluding carboxylic acids is 2. The Bertz CT molecular complexity index is 989. The molecule has 0 bridgehead atoms. The van der Waals surface area contributed by atoms with E-state index in [1.165, 1.54) is 30.3 Å². The molecule has 30 heavy (non-hydrogen) atoms. The van der Waals surface area contributed by atoms with E-state index in [1.54, 1.807) is 39.0 Å². The topological polar surface area (TPSA) is 91.2 Å². The molecule has 0 aliphatic rings. The fourth-order valence-corrected chi connectivity index (χ4v) is 2.24. The molecule has 2 rings (SSSR count). The van der Waals surface area contributed by atoms with Gasteiger partial charge < -0.3 is 15.4 Å². The third-order valence-electron chi connectivity index (χ3n) is 3.81. The van der Waals surface area contributed by atoms with Gasteiger partial charge in [0, 0.05) is 22.4 Å². The summed E-state index contributed by atoms with van der Waals surface area (Å²) in [5.41, 5.74) is 0.138. The highest BCUT2D eigenvalue weighted by Gasteiger charge is 2.29. The van der Waals surface area contributed by atoms with E-state index in [9.17, 15) is 22.8 Å². The number of carbonyl (C=O) groups is 2. The minimum absolute atomic E-state index is 0.150. The standard InChI is InChI=1S/C21H20F3N3O3/c1-20(2,3)19(29)27-15-6-4-5-13(9-15)18(28)26-16-7-8-17(14(10-16)11-25)30-12-21(22,23)24/h4-10H,12H2,1-3H3,(H,26,28)(H,27,29). The van der Waals surface area contributed by atoms with E-state index in [0.29, 0.717) is 5.69 Å². The van der Waals surface area contributed by atoms with Gasteiger partial charge in [0.05, 0.1) is 5.56 Å². The molecule has 0 aromatic heterocycles. The Hall–Kier alpha value is -3.54. The largest absolute Gasteiger partial charge is 0.483 e. The Labute approximate surface area is 171 Å². The number of benzene rings is 2. The number of hydrogen-bond donors (Lipinski definition) is 2. The van der Waals surface area contributed by atoms with Gasteiger partial charge >= 0.3 is 6.18 Å². The Kier molecular flexibility index (Phi) is 6.72. The normalized spacial score (nSPS) is 11.4. The molecule has 0 aliphatic carbocycles. The highest BCUT2D eigenvalue weighted by atomic mass is 19.4. The van der Waals surface area contributed by atoms with Crippen LogP contribution in [0.25, 0.3) is 0 Å². The number of ether oxygens (including phenoxy) is 1. The van der Waals surface area contributed by atoms with Crippen molar-refractivity contribution in [3.05, 3.63) is 53.6 Å². The number of nitriles is 1. The van der Waals surface area contributed by atoms with Crippen LogP contribution in [-0.4, -0.2) is 24.6 Å². The Morgan fingerprint density at radius 2 is 1.70 bits per heavy atom. The van der Waals surface area contributed by atoms with Gasteiger partial charge in [-0.05, 0) is 36.4 Å². The van der Waals surface area contributed by atoms with Crippen molar-refractivity contribution in [2.24, 2.45) is 5.41 Å². The number of hydrogen-bond acceptors (Lipinski definition) is 4. The maximum atomic E-state index is 12.5. The van der Waals surface area contributed by atoms with Gasteiger partial charge in [-0.3, -0.25) is 9.59 Å². The predicted molar refractivity (Wildman–Crippen MR) is 105 cm³/mol. The van der Waals surface area contributed by atoms with Crippen molar-refractivity contribution in [2.45, 2.75) is 26.9 Å². The molecule has 0 heterocycles. The fraction of sp³-hybridized carbons (Fsp3) is 0.286. The van der Waals surface area contributed by atoms with Crippen LogP contribution in [0, 0.1) is 16.7 Å². The zero-order valence-corrected chi connectivity index (χ0v) is 16.6. The molecule has 2 amide bonds. The van der Waals surface area contributed by atoms with E-state index in [4.69, 9.17) is 5.26 Å². The molecule has 2 N–H and O–H groups in total. The lowest BCUT2D eigenvalue weighted by Crippen LogP contribution is -2.27. The molecule has 0 atom stereocenters. The lowest BCUT2D eigenvalue weighted by atomic mass is 9.95. The number of alkyl halides is 3. The molecule has 9 heteroatoms. The molecule has 0 spiro atoms. The first kappa shape index (κ1) is 22.7. The molecular formula is C21H20F3N3O3. The van der Waals surface area contributed by atoms with Crippen molar-refractivity contribution in [3.63, 3.8) is 0 Å². The van der Waals surface area contributed by atoms with Gasteiger partial charge in [-0.25, -0.2) is 0 Å². The molecule has 0 radical (unpaired) electrons. The lowest BCUT2D eigenvalue weighted by Gasteiger charge is -2.18. The molecule has 0 saturated carbocycles. The van der Waals surface area contributed by atoms with Crippen LogP contribution >= 0.6 is 0 Å². The second kappa shape index (κ2) is 8.86. The van der Waals surface area contributed by atoms with Gasteiger partial charge in [0.25, 0.3) is 5.91 Å². The average Bonchev–Trinajstić information content (AvgIpc) is 2.65. The summed E-state index contributed by atoms with van der Waals surface area (Å²) in [7, 11) is 0. The van der Waals surface area contributed by atoms with Gasteiger partial charge in [-0.1, -0.05) is 26.8 Å². The lowest BCUT2D eigenvalue weighted by molar-refractivity contribution is -0.153. The molecule has 0 saturated heterocycles. The van der Waals surface area contributed by atoms with Crippen molar-refractivity contribution in [1.82, 2.24) is 0 Å². The Morgan fingerprint density at radius 1 is 1.03 bits per heavy atom. The molecule has 2 aromatic carbocycles. The Balaban J connectivity index is 2.13. The summed E-state index contributed by atoms with van der Waals surface area (Å²) in [6.45, 7) is 3.75. The minimum Gasteiger partial charge on any atom is -0.483 e. The van der Waals surface area contributed by atoms with E-state index >= 15 is 0 Å². The highest BCUT2D eigenvalue weighted by molar-refractivity contribution is 6.05. The molecule has 0 aliphatic heterocycles. The zero-order chi connectivity index (χ0) is 22.5. The third-order valence-corrected chi connectivity index (χ3v) is 3.81. The maximum Gasteiger partial charge on any atom is 0.422 e. The number of amides is 2. The molecule has 0 fully saturated rings. The second-order valence-corrected chi connectivity index (χ2v) is 7.47. The van der Waals surface area contributed by atoms with Crippen LogP contribution < -0.4 is 15.4 Å². The summed E-state index contributed by atoms with van der Waals surface area (Å²) in [6.07, 6.45) is -4.53. The van der Waals surface area contributed by atoms with Crippen LogP contribution in [0.4, 0.5) is 24.5 Å². The first-order valence-corrected chi connectivity index (χ1v) is 8.85. The van der Waals surface area contributed by atoms with Crippen LogP contribution in [0.1, 0.15) is 36.7 Å². The summed E-state index contributed by atoms with van der Waals surface area (Å²) in [5.74, 6) is -0.970. The van der Waals surface area contributed by atoms with Gasteiger partial charge in [0.1, 0.15) is 11.8 Å². The van der Waals surface area contributed by atoms with Gasteiger partial charge in [0.2, 0.25) is 5.91 Å². The van der Waals surface area contributed by atoms with Crippen molar-refractivity contribution >= 4 is 23.2 Å². The van der Waals surface area contributed by atoms with Crippen LogP contribution in [0.3, 0.4) is 0 Å². The monoisotopic (exact) mass is 419 g/mol. The van der Waals surface area contributed by atoms with E-state index in [0.717, 1.165) is 0 Å². The number of nitrogens with zero attached hydrogens (tertiary/aromatic N) is 1. The third kappa shape index (κ3) is 6.51. The zero-order valence-electron chi connectivity index (χ0n) is 16.6. The van der Waals surface area contributed by atoms with E-state index < -0.39 is 24.1 Å². The summed E-state index contributed by atoms with van der Waals surface area (Å²) in [6, 6.07) is 11.7. The van der Waals surface area contributed by atoms with Crippen LogP contribution in [0.2, 0.25) is 0 Å². The summed E-state index contributed by atoms with van der Waals surface area (Å²) in [4.78, 5) is 24.6. The fourth-order valence-electron chi connectivity index (χ4n) is 2.24. The number of halogens is 3. The van der Waals surface area contributed by atoms with Gasteiger partial charge in [-0.2, -0.15) is 18.4 Å². The smallest absolute Gasteiger partial charge is 0.422 e. The van der Waals surface area contributed by atoms with E-state index in [-0.39, 0.29) is 28.5 Å². The Morgan fingerprint density at radius 3 is 2.30 bits per heavy atom. The molecule has 158 valence electrons. The first-order valence-electron chi connectivity index (χ1n) is 8.85. The maximum absolute atomic E-state index is 12.5. The predicted octanol–water partition coefficient (Wildman–Crippen LogP) is 4.74. The second-order valence-electron chi connectivity index (χ2n) is 7.47. The van der Waals surface area contributed by atoms with E-state index in [2.05, 4.69) is 15.4 Å². The molecular weight excluding hydrogens is 399 g/mol. The number of anilines is 2. The first-order chi connectivity index (χ1) is 13.9. The summed E-state index contributed by atoms with van der Waals surface area (Å²) < 4.78 is 41.5. The molecule has 6 nitrogen and oxygen atoms in total. The van der Waals surface area contributed by atoms with Crippen molar-refractivity contribution in [2.75, 3.05) is 17.2 Å². The number of rotatable bonds is 5. The minimum atomic E-state index is -4.53. The quantitative estimate of drug-likeness (QED) is 0.733. The van der Waals surface area contributed by atoms with Crippen LogP contribution in [-0.2, 0) is 4.79 Å². The van der Waals surface area contributed by atoms with Crippen molar-refractivity contribution < 1.29 is 27.5 Å². The summed E-state index contributed by atoms with van der Waals surface area (Å²) in [5, 5.41) is 14.4. The SMILES string of the molecule is CC(C)(C)C(=O)Nc1cccc(C(=O)Nc2ccc(OCC(F)(F)F)c(C#N)c2)c1. The highest BCUT2D eigenvalue weighted by Crippen LogP contribution is 2.25. The van der Waals surface area contributed by atoms with Crippen LogP contribution in [0.5, 0.6) is 5.75 Å². The van der Waals surface area contributed by atoms with Gasteiger partial charge in [-0.15, -0.1) is 0 Å². The van der Waals surface area contributed by atoms with Crippen molar-refractivity contribution in [3.8, 4) is 11.8 Å². The number of nitrogens with one attached hydrogen (secondary N) is 2. The van der Waals surface area contributed by atoms with E-state index in [1.807, 2.05) is 0 Å². The molecule has 2 aromatic rings. The van der Waals surface area contributed by atoms with Crippen LogP contribution in [0.15, 0.2) is 42.5 Å².